The highest BCUT2D eigenvalue weighted by atomic mass is 16.5. The summed E-state index contributed by atoms with van der Waals surface area (Å²) in [5.74, 6) is -0.0415. The summed E-state index contributed by atoms with van der Waals surface area (Å²) in [6, 6.07) is 9.94. The molecule has 7 nitrogen and oxygen atoms in total. The number of hydrogen-bond donors (Lipinski definition) is 2. The number of carboxylic acid groups (broad SMARTS) is 1. The summed E-state index contributed by atoms with van der Waals surface area (Å²) in [7, 11) is 1.50. The van der Waals surface area contributed by atoms with Gasteiger partial charge in [0.05, 0.1) is 29.8 Å². The number of aromatic carboxylic acids is 1. The Hall–Kier alpha value is -3.48. The number of para-hydroxylation sites is 1. The number of fused-ring (bicyclic) bond motifs is 1. The highest BCUT2D eigenvalue weighted by molar-refractivity contribution is 5.96. The van der Waals surface area contributed by atoms with Crippen LogP contribution in [0.3, 0.4) is 0 Å². The summed E-state index contributed by atoms with van der Waals surface area (Å²) >= 11 is 0. The number of rotatable bonds is 6. The van der Waals surface area contributed by atoms with Gasteiger partial charge in [-0.25, -0.2) is 4.79 Å². The second-order valence-electron chi connectivity index (χ2n) is 9.88. The molecule has 1 aromatic heterocycles. The molecule has 0 aliphatic carbocycles. The summed E-state index contributed by atoms with van der Waals surface area (Å²) in [6.07, 6.45) is 2.05. The Morgan fingerprint density at radius 2 is 1.91 bits per heavy atom. The van der Waals surface area contributed by atoms with Gasteiger partial charge in [-0.2, -0.15) is 0 Å². The first-order chi connectivity index (χ1) is 16.1. The van der Waals surface area contributed by atoms with Crippen molar-refractivity contribution in [3.05, 3.63) is 63.3 Å². The number of nitrogens with zero attached hydrogens (tertiary/aromatic N) is 1. The maximum absolute atomic E-state index is 13.1. The Labute approximate surface area is 199 Å². The number of carbonyl (C=O) groups is 1. The van der Waals surface area contributed by atoms with Gasteiger partial charge in [0.1, 0.15) is 11.3 Å². The predicted octanol–water partition coefficient (Wildman–Crippen LogP) is 5.61. The van der Waals surface area contributed by atoms with Crippen LogP contribution in [0.4, 0.5) is 11.6 Å². The van der Waals surface area contributed by atoms with Crippen LogP contribution in [0, 0.1) is 12.3 Å². The second kappa shape index (κ2) is 9.05. The third-order valence-corrected chi connectivity index (χ3v) is 6.72. The van der Waals surface area contributed by atoms with Gasteiger partial charge in [0, 0.05) is 24.7 Å². The van der Waals surface area contributed by atoms with Gasteiger partial charge in [0.15, 0.2) is 11.3 Å². The third kappa shape index (κ3) is 4.60. The molecule has 7 heteroatoms. The lowest BCUT2D eigenvalue weighted by atomic mass is 9.83. The highest BCUT2D eigenvalue weighted by Gasteiger charge is 2.27. The van der Waals surface area contributed by atoms with E-state index in [9.17, 15) is 14.7 Å². The van der Waals surface area contributed by atoms with Crippen molar-refractivity contribution in [1.29, 1.82) is 0 Å². The normalized spacial score (nSPS) is 16.3. The molecule has 2 N–H and O–H groups in total. The Bertz CT molecular complexity index is 1280. The van der Waals surface area contributed by atoms with Crippen molar-refractivity contribution in [3.63, 3.8) is 0 Å². The number of ether oxygens (including phenoxy) is 1. The van der Waals surface area contributed by atoms with Crippen LogP contribution in [0.1, 0.15) is 61.1 Å². The lowest BCUT2D eigenvalue weighted by molar-refractivity contribution is 0.0697. The first-order valence-corrected chi connectivity index (χ1v) is 11.6. The van der Waals surface area contributed by atoms with Crippen LogP contribution in [-0.2, 0) is 0 Å². The minimum atomic E-state index is -1.05. The van der Waals surface area contributed by atoms with Crippen LogP contribution in [0.15, 0.2) is 45.6 Å². The molecule has 1 saturated heterocycles. The van der Waals surface area contributed by atoms with Crippen LogP contribution < -0.4 is 20.4 Å². The largest absolute Gasteiger partial charge is 0.495 e. The molecule has 0 spiro atoms. The number of aryl methyl sites for hydroxylation is 1. The van der Waals surface area contributed by atoms with Gasteiger partial charge in [-0.05, 0) is 55.9 Å². The molecule has 0 bridgehead atoms. The van der Waals surface area contributed by atoms with E-state index in [2.05, 4.69) is 24.1 Å². The minimum absolute atomic E-state index is 0.0817. The van der Waals surface area contributed by atoms with Crippen molar-refractivity contribution >= 4 is 28.5 Å². The molecule has 1 aliphatic heterocycles. The second-order valence-corrected chi connectivity index (χ2v) is 9.88. The van der Waals surface area contributed by atoms with Crippen molar-refractivity contribution in [2.45, 2.75) is 46.6 Å². The zero-order valence-corrected chi connectivity index (χ0v) is 20.4. The van der Waals surface area contributed by atoms with Crippen LogP contribution >= 0.6 is 0 Å². The zero-order chi connectivity index (χ0) is 24.6. The van der Waals surface area contributed by atoms with Crippen molar-refractivity contribution in [1.82, 2.24) is 0 Å². The molecule has 1 aliphatic rings. The number of carboxylic acids is 1. The number of hydrogen-bond acceptors (Lipinski definition) is 6. The number of nitrogens with one attached hydrogen (secondary N) is 1. The van der Waals surface area contributed by atoms with E-state index in [1.54, 1.807) is 18.2 Å². The number of benzene rings is 2. The molecule has 1 unspecified atom stereocenters. The molecule has 2 aromatic carbocycles. The summed E-state index contributed by atoms with van der Waals surface area (Å²) < 4.78 is 11.8. The van der Waals surface area contributed by atoms with Crippen molar-refractivity contribution in [3.8, 4) is 5.75 Å². The molecule has 1 atom stereocenters. The topological polar surface area (TPSA) is 92.0 Å². The summed E-state index contributed by atoms with van der Waals surface area (Å²) in [6.45, 7) is 10.0. The molecule has 2 heterocycles. The van der Waals surface area contributed by atoms with Crippen molar-refractivity contribution in [2.24, 2.45) is 5.41 Å². The van der Waals surface area contributed by atoms with E-state index < -0.39 is 5.97 Å². The molecule has 4 rings (SSSR count). The Balaban J connectivity index is 1.78. The fraction of sp³-hybridized carbons (Fsp3) is 0.407. The molecular formula is C27H32N2O5. The maximum atomic E-state index is 13.1. The SMILES string of the molecule is COc1cccc(C(=O)O)c1NC(C)c1cc(C)cc2c(=O)cc(N3CCC(C)(C)CC3)oc12. The maximum Gasteiger partial charge on any atom is 0.337 e. The highest BCUT2D eigenvalue weighted by Crippen LogP contribution is 2.36. The van der Waals surface area contributed by atoms with Gasteiger partial charge in [-0.1, -0.05) is 26.0 Å². The Kier molecular flexibility index (Phi) is 6.30. The van der Waals surface area contributed by atoms with Crippen LogP contribution in [0.25, 0.3) is 11.0 Å². The monoisotopic (exact) mass is 464 g/mol. The first-order valence-electron chi connectivity index (χ1n) is 11.6. The lowest BCUT2D eigenvalue weighted by Gasteiger charge is -2.37. The molecule has 34 heavy (non-hydrogen) atoms. The third-order valence-electron chi connectivity index (χ3n) is 6.72. The average Bonchev–Trinajstić information content (AvgIpc) is 2.78. The van der Waals surface area contributed by atoms with Crippen LogP contribution in [-0.4, -0.2) is 31.3 Å². The van der Waals surface area contributed by atoms with Gasteiger partial charge < -0.3 is 24.5 Å². The van der Waals surface area contributed by atoms with E-state index in [0.717, 1.165) is 37.1 Å². The molecule has 0 saturated carbocycles. The van der Waals surface area contributed by atoms with Gasteiger partial charge in [0.25, 0.3) is 0 Å². The minimum Gasteiger partial charge on any atom is -0.495 e. The number of piperidine rings is 1. The van der Waals surface area contributed by atoms with Crippen LogP contribution in [0.2, 0.25) is 0 Å². The van der Waals surface area contributed by atoms with Gasteiger partial charge in [0.2, 0.25) is 0 Å². The summed E-state index contributed by atoms with van der Waals surface area (Å²) in [4.78, 5) is 27.1. The van der Waals surface area contributed by atoms with Gasteiger partial charge in [-0.15, -0.1) is 0 Å². The van der Waals surface area contributed by atoms with Crippen molar-refractivity contribution in [2.75, 3.05) is 30.4 Å². The fourth-order valence-corrected chi connectivity index (χ4v) is 4.55. The van der Waals surface area contributed by atoms with Crippen molar-refractivity contribution < 1.29 is 19.1 Å². The van der Waals surface area contributed by atoms with E-state index in [1.807, 2.05) is 26.0 Å². The first kappa shape index (κ1) is 23.7. The number of anilines is 2. The van der Waals surface area contributed by atoms with Crippen LogP contribution in [0.5, 0.6) is 5.75 Å². The van der Waals surface area contributed by atoms with E-state index >= 15 is 0 Å². The Morgan fingerprint density at radius 1 is 1.21 bits per heavy atom. The van der Waals surface area contributed by atoms with E-state index in [4.69, 9.17) is 9.15 Å². The molecule has 180 valence electrons. The number of methoxy groups -OCH3 is 1. The van der Waals surface area contributed by atoms with E-state index in [1.165, 1.54) is 13.2 Å². The summed E-state index contributed by atoms with van der Waals surface area (Å²) in [5, 5.41) is 13.5. The lowest BCUT2D eigenvalue weighted by Crippen LogP contribution is -2.37. The van der Waals surface area contributed by atoms with Gasteiger partial charge in [-0.3, -0.25) is 4.79 Å². The summed E-state index contributed by atoms with van der Waals surface area (Å²) in [5.41, 5.74) is 2.93. The molecular weight excluding hydrogens is 432 g/mol. The standard InChI is InChI=1S/C27H32N2O5/c1-16-13-19(17(2)28-24-18(26(31)32)7-6-8-22(24)33-5)25-20(14-16)21(30)15-23(34-25)29-11-9-27(3,4)10-12-29/h6-8,13-15,17,28H,9-12H2,1-5H3,(H,31,32). The molecule has 0 radical (unpaired) electrons. The zero-order valence-electron chi connectivity index (χ0n) is 20.4. The smallest absolute Gasteiger partial charge is 0.337 e. The molecule has 1 fully saturated rings. The average molecular weight is 465 g/mol. The van der Waals surface area contributed by atoms with E-state index in [0.29, 0.717) is 28.3 Å². The molecule has 3 aromatic rings. The van der Waals surface area contributed by atoms with E-state index in [-0.39, 0.29) is 22.4 Å². The Morgan fingerprint density at radius 3 is 2.56 bits per heavy atom. The van der Waals surface area contributed by atoms with Gasteiger partial charge >= 0.3 is 5.97 Å². The fourth-order valence-electron chi connectivity index (χ4n) is 4.55. The quantitative estimate of drug-likeness (QED) is 0.490. The molecule has 0 amide bonds. The predicted molar refractivity (Wildman–Crippen MR) is 134 cm³/mol.